The molecule has 0 bridgehead atoms. The molecule has 3 aromatic rings. The Morgan fingerprint density at radius 2 is 1.97 bits per heavy atom. The molecule has 0 saturated carbocycles. The van der Waals surface area contributed by atoms with Gasteiger partial charge in [0.2, 0.25) is 0 Å². The van der Waals surface area contributed by atoms with Crippen molar-refractivity contribution in [2.24, 2.45) is 4.99 Å². The van der Waals surface area contributed by atoms with Crippen molar-refractivity contribution in [3.63, 3.8) is 0 Å². The number of halogens is 4. The van der Waals surface area contributed by atoms with Crippen LogP contribution in [0.4, 0.5) is 13.2 Å². The Balaban J connectivity index is 1.81. The summed E-state index contributed by atoms with van der Waals surface area (Å²) < 4.78 is 38.3. The van der Waals surface area contributed by atoms with Crippen molar-refractivity contribution in [2.75, 3.05) is 13.1 Å². The molecule has 0 saturated heterocycles. The number of rotatable bonds is 6. The molecule has 0 spiro atoms. The van der Waals surface area contributed by atoms with Crippen molar-refractivity contribution in [2.45, 2.75) is 20.0 Å². The van der Waals surface area contributed by atoms with Gasteiger partial charge in [-0.25, -0.2) is 9.97 Å². The van der Waals surface area contributed by atoms with Crippen LogP contribution in [0, 0.1) is 6.92 Å². The predicted molar refractivity (Wildman–Crippen MR) is 114 cm³/mol. The summed E-state index contributed by atoms with van der Waals surface area (Å²) in [5.41, 5.74) is 1.07. The van der Waals surface area contributed by atoms with Gasteiger partial charge < -0.3 is 10.3 Å². The number of pyridine rings is 1. The number of benzene rings is 1. The number of allylic oxidation sites excluding steroid dienone is 1. The molecule has 31 heavy (non-hydrogen) atoms. The standard InChI is InChI=1S/C21H19ClF3N5O/c1-3-26-18(22)14(19-29-15-6-4-5-7-16(15)30-19)10-11-27-20(31)13-8-9-17(21(23,24)25)28-12(13)2/h4-10H,3,11H2,1-2H3,(H,27,31)(H,29,30)/b14-10+,26-18?. The SMILES string of the molecule is CCN=C(Cl)/C(=C\CNC(=O)c1ccc(C(F)(F)F)nc1C)c1nc2ccccc2[nH]1. The van der Waals surface area contributed by atoms with Gasteiger partial charge in [-0.15, -0.1) is 0 Å². The zero-order valence-electron chi connectivity index (χ0n) is 16.7. The third-order valence-electron chi connectivity index (χ3n) is 4.35. The van der Waals surface area contributed by atoms with Crippen molar-refractivity contribution in [1.82, 2.24) is 20.3 Å². The number of nitrogens with zero attached hydrogens (tertiary/aromatic N) is 3. The Morgan fingerprint density at radius 1 is 1.23 bits per heavy atom. The highest BCUT2D eigenvalue weighted by Crippen LogP contribution is 2.28. The summed E-state index contributed by atoms with van der Waals surface area (Å²) in [5.74, 6) is -0.0625. The van der Waals surface area contributed by atoms with Gasteiger partial charge in [-0.2, -0.15) is 13.2 Å². The van der Waals surface area contributed by atoms with Crippen molar-refractivity contribution >= 4 is 39.3 Å². The van der Waals surface area contributed by atoms with E-state index in [0.717, 1.165) is 23.2 Å². The molecule has 3 rings (SSSR count). The van der Waals surface area contributed by atoms with E-state index in [9.17, 15) is 18.0 Å². The Bertz CT molecular complexity index is 1130. The average Bonchev–Trinajstić information content (AvgIpc) is 3.14. The third-order valence-corrected chi connectivity index (χ3v) is 4.68. The fourth-order valence-corrected chi connectivity index (χ4v) is 3.17. The molecule has 0 atom stereocenters. The van der Waals surface area contributed by atoms with Crippen LogP contribution in [-0.2, 0) is 6.18 Å². The minimum absolute atomic E-state index is 0.0145. The first-order valence-corrected chi connectivity index (χ1v) is 9.77. The molecule has 1 aromatic carbocycles. The molecule has 0 radical (unpaired) electrons. The van der Waals surface area contributed by atoms with E-state index >= 15 is 0 Å². The van der Waals surface area contributed by atoms with Gasteiger partial charge in [-0.1, -0.05) is 29.8 Å². The number of hydrogen-bond acceptors (Lipinski definition) is 4. The van der Waals surface area contributed by atoms with E-state index in [1.54, 1.807) is 6.08 Å². The quantitative estimate of drug-likeness (QED) is 0.532. The number of alkyl halides is 3. The summed E-state index contributed by atoms with van der Waals surface area (Å²) >= 11 is 6.32. The summed E-state index contributed by atoms with van der Waals surface area (Å²) in [7, 11) is 0. The van der Waals surface area contributed by atoms with Crippen molar-refractivity contribution in [3.8, 4) is 0 Å². The number of hydrogen-bond donors (Lipinski definition) is 2. The molecule has 1 amide bonds. The number of fused-ring (bicyclic) bond motifs is 1. The molecule has 0 aliphatic rings. The van der Waals surface area contributed by atoms with Crippen molar-refractivity contribution in [1.29, 1.82) is 0 Å². The summed E-state index contributed by atoms with van der Waals surface area (Å²) in [6, 6.07) is 9.34. The van der Waals surface area contributed by atoms with Gasteiger partial charge in [0.25, 0.3) is 5.91 Å². The minimum Gasteiger partial charge on any atom is -0.348 e. The first-order valence-electron chi connectivity index (χ1n) is 9.39. The lowest BCUT2D eigenvalue weighted by molar-refractivity contribution is -0.141. The fraction of sp³-hybridized carbons (Fsp3) is 0.238. The van der Waals surface area contributed by atoms with Crippen LogP contribution in [-0.4, -0.2) is 39.1 Å². The van der Waals surface area contributed by atoms with Crippen molar-refractivity contribution in [3.05, 3.63) is 65.2 Å². The second-order valence-electron chi connectivity index (χ2n) is 6.52. The molecular formula is C21H19ClF3N5O. The molecule has 0 fully saturated rings. The molecule has 0 aliphatic carbocycles. The topological polar surface area (TPSA) is 83.0 Å². The number of carbonyl (C=O) groups excluding carboxylic acids is 1. The lowest BCUT2D eigenvalue weighted by Crippen LogP contribution is -2.25. The van der Waals surface area contributed by atoms with Gasteiger partial charge in [0, 0.05) is 13.1 Å². The number of aryl methyl sites for hydroxylation is 1. The van der Waals surface area contributed by atoms with Gasteiger partial charge in [0.1, 0.15) is 16.7 Å². The Morgan fingerprint density at radius 3 is 2.61 bits per heavy atom. The van der Waals surface area contributed by atoms with E-state index in [1.165, 1.54) is 6.92 Å². The minimum atomic E-state index is -4.57. The molecule has 2 aromatic heterocycles. The molecule has 162 valence electrons. The zero-order chi connectivity index (χ0) is 22.6. The highest BCUT2D eigenvalue weighted by molar-refractivity contribution is 6.76. The van der Waals surface area contributed by atoms with Crippen LogP contribution < -0.4 is 5.32 Å². The molecule has 0 unspecified atom stereocenters. The lowest BCUT2D eigenvalue weighted by atomic mass is 10.1. The Kier molecular flexibility index (Phi) is 6.74. The molecule has 0 aliphatic heterocycles. The number of carbonyl (C=O) groups is 1. The summed E-state index contributed by atoms with van der Waals surface area (Å²) in [5, 5.41) is 2.86. The summed E-state index contributed by atoms with van der Waals surface area (Å²) in [6.07, 6.45) is -2.93. The lowest BCUT2D eigenvalue weighted by Gasteiger charge is -2.10. The van der Waals surface area contributed by atoms with Gasteiger partial charge >= 0.3 is 6.18 Å². The first kappa shape index (κ1) is 22.5. The van der Waals surface area contributed by atoms with Crippen LogP contribution in [0.5, 0.6) is 0 Å². The van der Waals surface area contributed by atoms with E-state index in [0.29, 0.717) is 17.9 Å². The maximum atomic E-state index is 12.8. The molecule has 6 nitrogen and oxygen atoms in total. The zero-order valence-corrected chi connectivity index (χ0v) is 17.5. The third kappa shape index (κ3) is 5.29. The molecule has 2 N–H and O–H groups in total. The molecular weight excluding hydrogens is 431 g/mol. The number of para-hydroxylation sites is 2. The average molecular weight is 450 g/mol. The second-order valence-corrected chi connectivity index (χ2v) is 6.88. The number of amides is 1. The number of nitrogens with one attached hydrogen (secondary N) is 2. The highest BCUT2D eigenvalue weighted by Gasteiger charge is 2.33. The van der Waals surface area contributed by atoms with Crippen LogP contribution in [0.2, 0.25) is 0 Å². The van der Waals surface area contributed by atoms with Crippen LogP contribution in [0.15, 0.2) is 47.5 Å². The van der Waals surface area contributed by atoms with Gasteiger partial charge in [-0.05, 0) is 38.1 Å². The first-order chi connectivity index (χ1) is 14.7. The van der Waals surface area contributed by atoms with Crippen LogP contribution in [0.3, 0.4) is 0 Å². The summed E-state index contributed by atoms with van der Waals surface area (Å²) in [6.45, 7) is 3.70. The molecule has 10 heteroatoms. The smallest absolute Gasteiger partial charge is 0.348 e. The summed E-state index contributed by atoms with van der Waals surface area (Å²) in [4.78, 5) is 27.8. The molecule has 2 heterocycles. The van der Waals surface area contributed by atoms with E-state index in [4.69, 9.17) is 11.6 Å². The monoisotopic (exact) mass is 449 g/mol. The number of aliphatic imine (C=N–C) groups is 1. The largest absolute Gasteiger partial charge is 0.433 e. The van der Waals surface area contributed by atoms with Gasteiger partial charge in [-0.3, -0.25) is 9.79 Å². The Hall–Kier alpha value is -3.20. The van der Waals surface area contributed by atoms with Crippen LogP contribution >= 0.6 is 11.6 Å². The normalized spacial score (nSPS) is 13.0. The number of imidazole rings is 1. The Labute approximate surface area is 181 Å². The van der Waals surface area contributed by atoms with E-state index in [1.807, 2.05) is 31.2 Å². The number of H-pyrrole nitrogens is 1. The van der Waals surface area contributed by atoms with Crippen LogP contribution in [0.25, 0.3) is 16.6 Å². The van der Waals surface area contributed by atoms with Crippen LogP contribution in [0.1, 0.15) is 34.5 Å². The van der Waals surface area contributed by atoms with E-state index < -0.39 is 17.8 Å². The predicted octanol–water partition coefficient (Wildman–Crippen LogP) is 4.76. The highest BCUT2D eigenvalue weighted by atomic mass is 35.5. The van der Waals surface area contributed by atoms with Crippen molar-refractivity contribution < 1.29 is 18.0 Å². The maximum absolute atomic E-state index is 12.8. The maximum Gasteiger partial charge on any atom is 0.433 e. The second kappa shape index (κ2) is 9.30. The van der Waals surface area contributed by atoms with Gasteiger partial charge in [0.05, 0.1) is 27.9 Å². The fourth-order valence-electron chi connectivity index (χ4n) is 2.88. The van der Waals surface area contributed by atoms with E-state index in [-0.39, 0.29) is 23.0 Å². The van der Waals surface area contributed by atoms with Gasteiger partial charge in [0.15, 0.2) is 0 Å². The van der Waals surface area contributed by atoms with E-state index in [2.05, 4.69) is 25.3 Å². The number of aromatic amines is 1. The number of aromatic nitrogens is 3.